The number of rotatable bonds is 3. The summed E-state index contributed by atoms with van der Waals surface area (Å²) in [6.45, 7) is 8.29. The van der Waals surface area contributed by atoms with Gasteiger partial charge in [-0.2, -0.15) is 0 Å². The molecule has 0 aromatic heterocycles. The first-order valence-corrected chi connectivity index (χ1v) is 5.41. The van der Waals surface area contributed by atoms with Crippen LogP contribution in [0.4, 0.5) is 0 Å². The van der Waals surface area contributed by atoms with E-state index in [1.165, 1.54) is 0 Å². The van der Waals surface area contributed by atoms with E-state index in [1.54, 1.807) is 0 Å². The zero-order chi connectivity index (χ0) is 10.6. The van der Waals surface area contributed by atoms with E-state index in [0.717, 1.165) is 26.2 Å². The molecule has 0 spiro atoms. The van der Waals surface area contributed by atoms with E-state index in [4.69, 9.17) is 5.73 Å². The minimum absolute atomic E-state index is 0.277. The summed E-state index contributed by atoms with van der Waals surface area (Å²) in [6, 6.07) is 0.389. The smallest absolute Gasteiger partial charge is 0.223 e. The van der Waals surface area contributed by atoms with Gasteiger partial charge in [0, 0.05) is 45.2 Å². The molecule has 1 aliphatic rings. The largest absolute Gasteiger partial charge is 0.342 e. The van der Waals surface area contributed by atoms with Crippen LogP contribution in [-0.4, -0.2) is 54.5 Å². The molecule has 1 unspecified atom stereocenters. The molecule has 1 saturated heterocycles. The van der Waals surface area contributed by atoms with E-state index < -0.39 is 0 Å². The molecule has 4 heteroatoms. The van der Waals surface area contributed by atoms with Crippen molar-refractivity contribution < 1.29 is 4.79 Å². The molecule has 1 atom stereocenters. The third-order valence-corrected chi connectivity index (χ3v) is 2.97. The van der Waals surface area contributed by atoms with Crippen molar-refractivity contribution in [3.63, 3.8) is 0 Å². The van der Waals surface area contributed by atoms with E-state index in [9.17, 15) is 4.79 Å². The highest BCUT2D eigenvalue weighted by Crippen LogP contribution is 2.07. The molecule has 0 bridgehead atoms. The predicted molar refractivity (Wildman–Crippen MR) is 57.0 cm³/mol. The van der Waals surface area contributed by atoms with E-state index in [1.807, 2.05) is 11.8 Å². The molecule has 14 heavy (non-hydrogen) atoms. The Bertz CT molecular complexity index is 196. The van der Waals surface area contributed by atoms with Crippen molar-refractivity contribution in [2.75, 3.05) is 32.7 Å². The molecule has 0 radical (unpaired) electrons. The SMILES string of the molecule is CCN1CCN(C(C)CN)CCC1=O. The maximum Gasteiger partial charge on any atom is 0.223 e. The van der Waals surface area contributed by atoms with E-state index in [2.05, 4.69) is 11.8 Å². The van der Waals surface area contributed by atoms with E-state index in [-0.39, 0.29) is 5.91 Å². The second-order valence-electron chi connectivity index (χ2n) is 3.84. The number of hydrogen-bond donors (Lipinski definition) is 1. The molecule has 1 rings (SSSR count). The second kappa shape index (κ2) is 5.32. The van der Waals surface area contributed by atoms with Crippen LogP contribution >= 0.6 is 0 Å². The molecular weight excluding hydrogens is 178 g/mol. The molecule has 1 amide bonds. The summed E-state index contributed by atoms with van der Waals surface area (Å²) >= 11 is 0. The number of amides is 1. The third kappa shape index (κ3) is 2.69. The molecule has 1 aliphatic heterocycles. The average Bonchev–Trinajstić information content (AvgIpc) is 2.39. The van der Waals surface area contributed by atoms with Gasteiger partial charge in [0.15, 0.2) is 0 Å². The van der Waals surface area contributed by atoms with Gasteiger partial charge in [0.2, 0.25) is 5.91 Å². The molecule has 0 saturated carbocycles. The third-order valence-electron chi connectivity index (χ3n) is 2.97. The van der Waals surface area contributed by atoms with Gasteiger partial charge in [-0.05, 0) is 13.8 Å². The van der Waals surface area contributed by atoms with Crippen LogP contribution in [0.15, 0.2) is 0 Å². The first kappa shape index (κ1) is 11.5. The Morgan fingerprint density at radius 1 is 1.43 bits per heavy atom. The highest BCUT2D eigenvalue weighted by atomic mass is 16.2. The maximum absolute atomic E-state index is 11.6. The van der Waals surface area contributed by atoms with Gasteiger partial charge in [-0.25, -0.2) is 0 Å². The van der Waals surface area contributed by atoms with Gasteiger partial charge in [-0.15, -0.1) is 0 Å². The van der Waals surface area contributed by atoms with Crippen LogP contribution in [0.3, 0.4) is 0 Å². The van der Waals surface area contributed by atoms with Gasteiger partial charge in [0.05, 0.1) is 0 Å². The van der Waals surface area contributed by atoms with Crippen LogP contribution in [0.1, 0.15) is 20.3 Å². The Labute approximate surface area is 86.0 Å². The van der Waals surface area contributed by atoms with Crippen molar-refractivity contribution >= 4 is 5.91 Å². The van der Waals surface area contributed by atoms with Gasteiger partial charge >= 0.3 is 0 Å². The van der Waals surface area contributed by atoms with Crippen molar-refractivity contribution in [1.82, 2.24) is 9.80 Å². The summed E-state index contributed by atoms with van der Waals surface area (Å²) in [7, 11) is 0. The summed E-state index contributed by atoms with van der Waals surface area (Å²) in [5, 5.41) is 0. The minimum atomic E-state index is 0.277. The summed E-state index contributed by atoms with van der Waals surface area (Å²) in [5.74, 6) is 0.277. The lowest BCUT2D eigenvalue weighted by molar-refractivity contribution is -0.130. The van der Waals surface area contributed by atoms with Crippen molar-refractivity contribution in [3.8, 4) is 0 Å². The van der Waals surface area contributed by atoms with Crippen molar-refractivity contribution in [3.05, 3.63) is 0 Å². The van der Waals surface area contributed by atoms with Crippen LogP contribution < -0.4 is 5.73 Å². The zero-order valence-electron chi connectivity index (χ0n) is 9.20. The quantitative estimate of drug-likeness (QED) is 0.690. The molecule has 0 aromatic carbocycles. The summed E-state index contributed by atoms with van der Waals surface area (Å²) < 4.78 is 0. The van der Waals surface area contributed by atoms with Crippen LogP contribution in [0.2, 0.25) is 0 Å². The van der Waals surface area contributed by atoms with Gasteiger partial charge in [-0.1, -0.05) is 0 Å². The number of hydrogen-bond acceptors (Lipinski definition) is 3. The zero-order valence-corrected chi connectivity index (χ0v) is 9.20. The number of carbonyl (C=O) groups excluding carboxylic acids is 1. The Morgan fingerprint density at radius 2 is 2.14 bits per heavy atom. The molecular formula is C10H21N3O. The highest BCUT2D eigenvalue weighted by molar-refractivity contribution is 5.76. The van der Waals surface area contributed by atoms with Gasteiger partial charge in [-0.3, -0.25) is 9.69 Å². The molecule has 2 N–H and O–H groups in total. The fourth-order valence-corrected chi connectivity index (χ4v) is 1.81. The van der Waals surface area contributed by atoms with Crippen LogP contribution in [-0.2, 0) is 4.79 Å². The maximum atomic E-state index is 11.6. The van der Waals surface area contributed by atoms with E-state index in [0.29, 0.717) is 19.0 Å². The Morgan fingerprint density at radius 3 is 2.71 bits per heavy atom. The Balaban J connectivity index is 2.51. The number of likely N-dealkylation sites (N-methyl/N-ethyl adjacent to an activating group) is 1. The Hall–Kier alpha value is -0.610. The van der Waals surface area contributed by atoms with Gasteiger partial charge in [0.1, 0.15) is 0 Å². The summed E-state index contributed by atoms with van der Waals surface area (Å²) in [6.07, 6.45) is 0.637. The number of nitrogens with zero attached hydrogens (tertiary/aromatic N) is 2. The first-order valence-electron chi connectivity index (χ1n) is 5.41. The average molecular weight is 199 g/mol. The molecule has 1 fully saturated rings. The van der Waals surface area contributed by atoms with Crippen molar-refractivity contribution in [2.45, 2.75) is 26.3 Å². The fraction of sp³-hybridized carbons (Fsp3) is 0.900. The lowest BCUT2D eigenvalue weighted by Gasteiger charge is -2.26. The van der Waals surface area contributed by atoms with Gasteiger partial charge < -0.3 is 10.6 Å². The highest BCUT2D eigenvalue weighted by Gasteiger charge is 2.21. The Kier molecular flexibility index (Phi) is 4.35. The molecule has 1 heterocycles. The van der Waals surface area contributed by atoms with Crippen molar-refractivity contribution in [2.24, 2.45) is 5.73 Å². The minimum Gasteiger partial charge on any atom is -0.342 e. The monoisotopic (exact) mass is 199 g/mol. The van der Waals surface area contributed by atoms with Gasteiger partial charge in [0.25, 0.3) is 0 Å². The topological polar surface area (TPSA) is 49.6 Å². The predicted octanol–water partition coefficient (Wildman–Crippen LogP) is -0.112. The summed E-state index contributed by atoms with van der Waals surface area (Å²) in [5.41, 5.74) is 5.62. The molecule has 0 aliphatic carbocycles. The van der Waals surface area contributed by atoms with Crippen LogP contribution in [0.5, 0.6) is 0 Å². The summed E-state index contributed by atoms with van der Waals surface area (Å²) in [4.78, 5) is 15.8. The van der Waals surface area contributed by atoms with Crippen LogP contribution in [0, 0.1) is 0 Å². The standard InChI is InChI=1S/C10H21N3O/c1-3-12-6-7-13(9(2)8-11)5-4-10(12)14/h9H,3-8,11H2,1-2H3. The lowest BCUT2D eigenvalue weighted by atomic mass is 10.2. The van der Waals surface area contributed by atoms with Crippen molar-refractivity contribution in [1.29, 1.82) is 0 Å². The molecule has 4 nitrogen and oxygen atoms in total. The molecule has 82 valence electrons. The van der Waals surface area contributed by atoms with Crippen LogP contribution in [0.25, 0.3) is 0 Å². The fourth-order valence-electron chi connectivity index (χ4n) is 1.81. The molecule has 0 aromatic rings. The lowest BCUT2D eigenvalue weighted by Crippen LogP contribution is -2.40. The second-order valence-corrected chi connectivity index (χ2v) is 3.84. The normalized spacial score (nSPS) is 22.2. The first-order chi connectivity index (χ1) is 6.69. The number of carbonyl (C=O) groups is 1. The number of nitrogens with two attached hydrogens (primary N) is 1. The van der Waals surface area contributed by atoms with E-state index >= 15 is 0 Å².